The molecule has 0 saturated heterocycles. The third-order valence-corrected chi connectivity index (χ3v) is 5.22. The second-order valence-electron chi connectivity index (χ2n) is 7.00. The molecule has 1 aliphatic heterocycles. The number of pyridine rings is 2. The van der Waals surface area contributed by atoms with Crippen LogP contribution in [0.4, 0.5) is 0 Å². The number of carbonyl (C=O) groups is 1. The van der Waals surface area contributed by atoms with Crippen molar-refractivity contribution in [1.82, 2.24) is 19.7 Å². The van der Waals surface area contributed by atoms with Crippen molar-refractivity contribution in [1.29, 1.82) is 0 Å². The molecule has 1 aromatic carbocycles. The van der Waals surface area contributed by atoms with Crippen molar-refractivity contribution in [3.05, 3.63) is 66.1 Å². The molecule has 0 amide bonds. The van der Waals surface area contributed by atoms with E-state index in [1.165, 1.54) is 5.69 Å². The Labute approximate surface area is 168 Å². The van der Waals surface area contributed by atoms with Crippen molar-refractivity contribution >= 4 is 16.9 Å². The van der Waals surface area contributed by atoms with E-state index in [2.05, 4.69) is 14.6 Å². The Morgan fingerprint density at radius 2 is 2.03 bits per heavy atom. The second-order valence-corrected chi connectivity index (χ2v) is 7.00. The summed E-state index contributed by atoms with van der Waals surface area (Å²) < 4.78 is 7.29. The van der Waals surface area contributed by atoms with Crippen LogP contribution in [-0.4, -0.2) is 32.3 Å². The van der Waals surface area contributed by atoms with E-state index in [9.17, 15) is 4.79 Å². The van der Waals surface area contributed by atoms with Gasteiger partial charge in [-0.05, 0) is 49.6 Å². The van der Waals surface area contributed by atoms with Gasteiger partial charge in [0, 0.05) is 29.4 Å². The molecule has 0 aliphatic carbocycles. The van der Waals surface area contributed by atoms with Crippen LogP contribution < -0.4 is 0 Å². The summed E-state index contributed by atoms with van der Waals surface area (Å²) in [5, 5.41) is 5.86. The molecule has 3 aromatic heterocycles. The normalized spacial score (nSPS) is 12.9. The van der Waals surface area contributed by atoms with Crippen LogP contribution in [0.15, 0.2) is 54.7 Å². The summed E-state index contributed by atoms with van der Waals surface area (Å²) in [6, 6.07) is 15.5. The number of benzene rings is 1. The number of aryl methyl sites for hydroxylation is 1. The number of ether oxygens (including phenoxy) is 1. The molecule has 0 bridgehead atoms. The lowest BCUT2D eigenvalue weighted by Gasteiger charge is -2.11. The Morgan fingerprint density at radius 3 is 2.86 bits per heavy atom. The first-order valence-electron chi connectivity index (χ1n) is 9.84. The fraction of sp³-hybridized carbons (Fsp3) is 0.217. The van der Waals surface area contributed by atoms with Gasteiger partial charge in [-0.2, -0.15) is 5.10 Å². The zero-order chi connectivity index (χ0) is 19.8. The van der Waals surface area contributed by atoms with Crippen LogP contribution in [0.3, 0.4) is 0 Å². The maximum Gasteiger partial charge on any atom is 0.356 e. The summed E-state index contributed by atoms with van der Waals surface area (Å²) in [5.74, 6) is -0.414. The number of fused-ring (bicyclic) bond motifs is 2. The molecule has 0 radical (unpaired) electrons. The summed E-state index contributed by atoms with van der Waals surface area (Å²) >= 11 is 0. The molecule has 6 nitrogen and oxygen atoms in total. The SMILES string of the molecule is CCOC(=O)c1cc(-c2c(-c3ccccn3)nn3c2CCC3)c2ccccc2n1. The average Bonchev–Trinajstić information content (AvgIpc) is 3.35. The zero-order valence-electron chi connectivity index (χ0n) is 16.1. The van der Waals surface area contributed by atoms with E-state index in [-0.39, 0.29) is 0 Å². The van der Waals surface area contributed by atoms with E-state index in [1.54, 1.807) is 13.1 Å². The van der Waals surface area contributed by atoms with Gasteiger partial charge in [0.25, 0.3) is 0 Å². The summed E-state index contributed by atoms with van der Waals surface area (Å²) in [4.78, 5) is 21.6. The number of para-hydroxylation sites is 1. The molecule has 5 rings (SSSR count). The zero-order valence-corrected chi connectivity index (χ0v) is 16.1. The lowest BCUT2D eigenvalue weighted by atomic mass is 9.95. The molecular weight excluding hydrogens is 364 g/mol. The van der Waals surface area contributed by atoms with E-state index < -0.39 is 5.97 Å². The fourth-order valence-corrected chi connectivity index (χ4v) is 3.99. The van der Waals surface area contributed by atoms with Crippen molar-refractivity contribution in [2.24, 2.45) is 0 Å². The lowest BCUT2D eigenvalue weighted by Crippen LogP contribution is -2.08. The Kier molecular flexibility index (Phi) is 4.31. The maximum absolute atomic E-state index is 12.5. The van der Waals surface area contributed by atoms with Crippen LogP contribution in [-0.2, 0) is 17.7 Å². The van der Waals surface area contributed by atoms with Gasteiger partial charge in [-0.1, -0.05) is 24.3 Å². The monoisotopic (exact) mass is 384 g/mol. The first-order valence-corrected chi connectivity index (χ1v) is 9.84. The van der Waals surface area contributed by atoms with Crippen LogP contribution in [0.5, 0.6) is 0 Å². The van der Waals surface area contributed by atoms with Crippen LogP contribution in [0.1, 0.15) is 29.5 Å². The Morgan fingerprint density at radius 1 is 1.17 bits per heavy atom. The van der Waals surface area contributed by atoms with E-state index in [0.717, 1.165) is 52.8 Å². The molecule has 0 N–H and O–H groups in total. The number of rotatable bonds is 4. The topological polar surface area (TPSA) is 69.9 Å². The Balaban J connectivity index is 1.81. The molecule has 4 aromatic rings. The van der Waals surface area contributed by atoms with E-state index >= 15 is 0 Å². The summed E-state index contributed by atoms with van der Waals surface area (Å²) in [6.45, 7) is 3.00. The van der Waals surface area contributed by atoms with Gasteiger partial charge in [-0.15, -0.1) is 0 Å². The molecule has 144 valence electrons. The van der Waals surface area contributed by atoms with Crippen LogP contribution in [0.2, 0.25) is 0 Å². The van der Waals surface area contributed by atoms with Crippen LogP contribution in [0.25, 0.3) is 33.4 Å². The average molecular weight is 384 g/mol. The molecule has 0 spiro atoms. The second kappa shape index (κ2) is 7.13. The minimum absolute atomic E-state index is 0.311. The number of hydrogen-bond acceptors (Lipinski definition) is 5. The number of hydrogen-bond donors (Lipinski definition) is 0. The molecule has 29 heavy (non-hydrogen) atoms. The minimum Gasteiger partial charge on any atom is -0.461 e. The summed E-state index contributed by atoms with van der Waals surface area (Å²) in [7, 11) is 0. The Bertz CT molecular complexity index is 1210. The highest BCUT2D eigenvalue weighted by molar-refractivity contribution is 6.02. The first-order chi connectivity index (χ1) is 14.3. The minimum atomic E-state index is -0.414. The van der Waals surface area contributed by atoms with Crippen molar-refractivity contribution < 1.29 is 9.53 Å². The number of carbonyl (C=O) groups excluding carboxylic acids is 1. The van der Waals surface area contributed by atoms with E-state index in [1.807, 2.05) is 48.5 Å². The van der Waals surface area contributed by atoms with Crippen molar-refractivity contribution in [2.45, 2.75) is 26.3 Å². The number of esters is 1. The third-order valence-electron chi connectivity index (χ3n) is 5.22. The van der Waals surface area contributed by atoms with Crippen LogP contribution in [0, 0.1) is 0 Å². The molecule has 0 atom stereocenters. The standard InChI is InChI=1S/C23H20N4O2/c1-2-29-23(28)19-14-16(15-8-3-4-9-17(15)25-19)21-20-11-7-13-27(20)26-22(21)18-10-5-6-12-24-18/h3-6,8-10,12,14H,2,7,11,13H2,1H3. The maximum atomic E-state index is 12.5. The molecule has 4 heterocycles. The largest absolute Gasteiger partial charge is 0.461 e. The molecule has 1 aliphatic rings. The predicted molar refractivity (Wildman–Crippen MR) is 110 cm³/mol. The van der Waals surface area contributed by atoms with Gasteiger partial charge in [-0.25, -0.2) is 9.78 Å². The Hall–Kier alpha value is -3.54. The molecule has 0 saturated carbocycles. The van der Waals surface area contributed by atoms with Crippen molar-refractivity contribution in [3.8, 4) is 22.5 Å². The van der Waals surface area contributed by atoms with E-state index in [4.69, 9.17) is 9.84 Å². The molecule has 0 fully saturated rings. The highest BCUT2D eigenvalue weighted by Crippen LogP contribution is 2.40. The number of nitrogens with zero attached hydrogens (tertiary/aromatic N) is 4. The quantitative estimate of drug-likeness (QED) is 0.491. The van der Waals surface area contributed by atoms with Gasteiger partial charge in [0.15, 0.2) is 0 Å². The van der Waals surface area contributed by atoms with Gasteiger partial charge in [0.05, 0.1) is 17.8 Å². The van der Waals surface area contributed by atoms with Gasteiger partial charge >= 0.3 is 5.97 Å². The molecule has 6 heteroatoms. The van der Waals surface area contributed by atoms with Crippen molar-refractivity contribution in [3.63, 3.8) is 0 Å². The summed E-state index contributed by atoms with van der Waals surface area (Å²) in [6.07, 6.45) is 3.78. The molecule has 0 unspecified atom stereocenters. The van der Waals surface area contributed by atoms with Gasteiger partial charge in [-0.3, -0.25) is 9.67 Å². The summed E-state index contributed by atoms with van der Waals surface area (Å²) in [5.41, 5.74) is 5.89. The number of aromatic nitrogens is 4. The third kappa shape index (κ3) is 2.97. The smallest absolute Gasteiger partial charge is 0.356 e. The molecular formula is C23H20N4O2. The van der Waals surface area contributed by atoms with E-state index in [0.29, 0.717) is 12.3 Å². The van der Waals surface area contributed by atoms with Gasteiger partial charge < -0.3 is 4.74 Å². The highest BCUT2D eigenvalue weighted by atomic mass is 16.5. The first kappa shape index (κ1) is 17.6. The van der Waals surface area contributed by atoms with Crippen molar-refractivity contribution in [2.75, 3.05) is 6.61 Å². The lowest BCUT2D eigenvalue weighted by molar-refractivity contribution is 0.0520. The highest BCUT2D eigenvalue weighted by Gasteiger charge is 2.26. The fourth-order valence-electron chi connectivity index (χ4n) is 3.99. The van der Waals surface area contributed by atoms with Crippen LogP contribution >= 0.6 is 0 Å². The predicted octanol–water partition coefficient (Wildman–Crippen LogP) is 4.28. The van der Waals surface area contributed by atoms with Gasteiger partial charge in [0.1, 0.15) is 11.4 Å². The van der Waals surface area contributed by atoms with Gasteiger partial charge in [0.2, 0.25) is 0 Å².